The second-order valence-corrected chi connectivity index (χ2v) is 5.16. The molecule has 0 spiro atoms. The molecule has 1 amide bonds. The van der Waals surface area contributed by atoms with E-state index in [4.69, 9.17) is 11.6 Å². The first kappa shape index (κ1) is 14.6. The number of aliphatic hydroxyl groups is 1. The summed E-state index contributed by atoms with van der Waals surface area (Å²) in [6, 6.07) is 12.9. The summed E-state index contributed by atoms with van der Waals surface area (Å²) in [6.07, 6.45) is 0. The van der Waals surface area contributed by atoms with Crippen molar-refractivity contribution in [3.8, 4) is 11.1 Å². The number of hydrogen-bond donors (Lipinski definition) is 1. The highest BCUT2D eigenvalue weighted by molar-refractivity contribution is 6.34. The molecule has 0 aromatic heterocycles. The molecule has 104 valence electrons. The molecule has 3 nitrogen and oxygen atoms in total. The Labute approximate surface area is 123 Å². The van der Waals surface area contributed by atoms with Gasteiger partial charge in [-0.05, 0) is 34.9 Å². The first-order valence-electron chi connectivity index (χ1n) is 6.24. The summed E-state index contributed by atoms with van der Waals surface area (Å²) >= 11 is 6.09. The summed E-state index contributed by atoms with van der Waals surface area (Å²) < 4.78 is 0. The van der Waals surface area contributed by atoms with Gasteiger partial charge in [-0.25, -0.2) is 0 Å². The van der Waals surface area contributed by atoms with E-state index in [1.54, 1.807) is 26.2 Å². The first-order chi connectivity index (χ1) is 9.52. The van der Waals surface area contributed by atoms with Crippen LogP contribution in [0.1, 0.15) is 15.9 Å². The highest BCUT2D eigenvalue weighted by atomic mass is 35.5. The molecular weight excluding hydrogens is 274 g/mol. The molecule has 0 aliphatic carbocycles. The number of hydrogen-bond acceptors (Lipinski definition) is 2. The van der Waals surface area contributed by atoms with Crippen LogP contribution in [0.2, 0.25) is 5.02 Å². The predicted molar refractivity (Wildman–Crippen MR) is 80.8 cm³/mol. The van der Waals surface area contributed by atoms with Crippen molar-refractivity contribution >= 4 is 17.5 Å². The Morgan fingerprint density at radius 2 is 1.85 bits per heavy atom. The lowest BCUT2D eigenvalue weighted by molar-refractivity contribution is 0.0828. The molecule has 2 rings (SSSR count). The Bertz CT molecular complexity index is 638. The van der Waals surface area contributed by atoms with E-state index in [1.165, 1.54) is 4.90 Å². The van der Waals surface area contributed by atoms with Crippen molar-refractivity contribution in [2.45, 2.75) is 6.61 Å². The molecule has 0 aliphatic rings. The number of aliphatic hydroxyl groups excluding tert-OH is 1. The topological polar surface area (TPSA) is 40.5 Å². The lowest BCUT2D eigenvalue weighted by atomic mass is 10.0. The lowest BCUT2D eigenvalue weighted by Gasteiger charge is -2.13. The highest BCUT2D eigenvalue weighted by Crippen LogP contribution is 2.26. The van der Waals surface area contributed by atoms with Crippen LogP contribution >= 0.6 is 11.6 Å². The van der Waals surface area contributed by atoms with Crippen molar-refractivity contribution in [3.05, 3.63) is 58.6 Å². The summed E-state index contributed by atoms with van der Waals surface area (Å²) in [5.41, 5.74) is 3.15. The molecular formula is C16H16ClNO2. The molecule has 0 saturated carbocycles. The summed E-state index contributed by atoms with van der Waals surface area (Å²) in [6.45, 7) is -0.00901. The van der Waals surface area contributed by atoms with Crippen molar-refractivity contribution in [2.75, 3.05) is 14.1 Å². The molecule has 0 atom stereocenters. The number of nitrogens with zero attached hydrogens (tertiary/aromatic N) is 1. The molecule has 0 saturated heterocycles. The number of halogens is 1. The smallest absolute Gasteiger partial charge is 0.254 e. The third-order valence-electron chi connectivity index (χ3n) is 3.05. The normalized spacial score (nSPS) is 10.4. The fourth-order valence-electron chi connectivity index (χ4n) is 1.96. The van der Waals surface area contributed by atoms with Crippen LogP contribution in [-0.4, -0.2) is 30.0 Å². The maximum atomic E-state index is 12.1. The lowest BCUT2D eigenvalue weighted by Crippen LogP contribution is -2.22. The van der Waals surface area contributed by atoms with Gasteiger partial charge in [-0.15, -0.1) is 0 Å². The zero-order chi connectivity index (χ0) is 14.7. The number of benzene rings is 2. The molecule has 0 fully saturated rings. The number of rotatable bonds is 3. The number of amides is 1. The fraction of sp³-hybridized carbons (Fsp3) is 0.188. The Morgan fingerprint density at radius 3 is 2.50 bits per heavy atom. The summed E-state index contributed by atoms with van der Waals surface area (Å²) in [7, 11) is 3.38. The van der Waals surface area contributed by atoms with E-state index in [0.717, 1.165) is 16.7 Å². The van der Waals surface area contributed by atoms with E-state index in [9.17, 15) is 9.90 Å². The van der Waals surface area contributed by atoms with Gasteiger partial charge >= 0.3 is 0 Å². The van der Waals surface area contributed by atoms with Crippen LogP contribution in [0.5, 0.6) is 0 Å². The minimum absolute atomic E-state index is 0.00901. The van der Waals surface area contributed by atoms with Gasteiger partial charge in [-0.2, -0.15) is 0 Å². The van der Waals surface area contributed by atoms with Crippen LogP contribution in [0.3, 0.4) is 0 Å². The Morgan fingerprint density at radius 1 is 1.15 bits per heavy atom. The second-order valence-electron chi connectivity index (χ2n) is 4.75. The Balaban J connectivity index is 2.48. The molecule has 2 aromatic rings. The summed E-state index contributed by atoms with van der Waals surface area (Å²) in [5.74, 6) is -0.129. The predicted octanol–water partition coefficient (Wildman–Crippen LogP) is 3.20. The van der Waals surface area contributed by atoms with Gasteiger partial charge in [0.1, 0.15) is 0 Å². The van der Waals surface area contributed by atoms with Gasteiger partial charge in [0.15, 0.2) is 0 Å². The molecule has 0 bridgehead atoms. The summed E-state index contributed by atoms with van der Waals surface area (Å²) in [5, 5.41) is 9.62. The van der Waals surface area contributed by atoms with E-state index >= 15 is 0 Å². The van der Waals surface area contributed by atoms with Gasteiger partial charge in [0, 0.05) is 14.1 Å². The van der Waals surface area contributed by atoms with Gasteiger partial charge in [-0.1, -0.05) is 35.9 Å². The zero-order valence-corrected chi connectivity index (χ0v) is 12.2. The van der Waals surface area contributed by atoms with Crippen LogP contribution < -0.4 is 0 Å². The maximum Gasteiger partial charge on any atom is 0.254 e. The molecule has 0 aliphatic heterocycles. The van der Waals surface area contributed by atoms with E-state index in [-0.39, 0.29) is 12.5 Å². The van der Waals surface area contributed by atoms with Crippen molar-refractivity contribution in [2.24, 2.45) is 0 Å². The average molecular weight is 290 g/mol. The van der Waals surface area contributed by atoms with Crippen LogP contribution in [0.4, 0.5) is 0 Å². The van der Waals surface area contributed by atoms with E-state index in [2.05, 4.69) is 0 Å². The first-order valence-corrected chi connectivity index (χ1v) is 6.62. The number of carbonyl (C=O) groups excluding carboxylic acids is 1. The second kappa shape index (κ2) is 6.07. The van der Waals surface area contributed by atoms with Crippen LogP contribution in [0.25, 0.3) is 11.1 Å². The molecule has 0 heterocycles. The highest BCUT2D eigenvalue weighted by Gasteiger charge is 2.13. The molecule has 2 aromatic carbocycles. The van der Waals surface area contributed by atoms with Crippen molar-refractivity contribution in [1.82, 2.24) is 4.90 Å². The maximum absolute atomic E-state index is 12.1. The molecule has 20 heavy (non-hydrogen) atoms. The molecule has 0 unspecified atom stereocenters. The largest absolute Gasteiger partial charge is 0.392 e. The van der Waals surface area contributed by atoms with E-state index in [1.807, 2.05) is 30.3 Å². The van der Waals surface area contributed by atoms with Gasteiger partial charge < -0.3 is 10.0 Å². The molecule has 1 N–H and O–H groups in total. The van der Waals surface area contributed by atoms with E-state index < -0.39 is 0 Å². The SMILES string of the molecule is CN(C)C(=O)c1cc(-c2cccc(CO)c2)ccc1Cl. The minimum atomic E-state index is -0.129. The fourth-order valence-corrected chi connectivity index (χ4v) is 2.16. The Kier molecular flexibility index (Phi) is 4.42. The van der Waals surface area contributed by atoms with Crippen LogP contribution in [-0.2, 0) is 6.61 Å². The van der Waals surface area contributed by atoms with Gasteiger partial charge in [-0.3, -0.25) is 4.79 Å². The third-order valence-corrected chi connectivity index (χ3v) is 3.38. The zero-order valence-electron chi connectivity index (χ0n) is 11.4. The monoisotopic (exact) mass is 289 g/mol. The molecule has 0 radical (unpaired) electrons. The number of carbonyl (C=O) groups is 1. The average Bonchev–Trinajstić information content (AvgIpc) is 2.47. The third kappa shape index (κ3) is 3.00. The standard InChI is InChI=1S/C16H16ClNO2/c1-18(2)16(20)14-9-13(6-7-15(14)17)12-5-3-4-11(8-12)10-19/h3-9,19H,10H2,1-2H3. The van der Waals surface area contributed by atoms with Crippen molar-refractivity contribution in [1.29, 1.82) is 0 Å². The van der Waals surface area contributed by atoms with Crippen LogP contribution in [0, 0.1) is 0 Å². The van der Waals surface area contributed by atoms with Gasteiger partial charge in [0.05, 0.1) is 17.2 Å². The van der Waals surface area contributed by atoms with Crippen molar-refractivity contribution < 1.29 is 9.90 Å². The van der Waals surface area contributed by atoms with Crippen molar-refractivity contribution in [3.63, 3.8) is 0 Å². The Hall–Kier alpha value is -1.84. The minimum Gasteiger partial charge on any atom is -0.392 e. The van der Waals surface area contributed by atoms with Gasteiger partial charge in [0.2, 0.25) is 0 Å². The van der Waals surface area contributed by atoms with Gasteiger partial charge in [0.25, 0.3) is 5.91 Å². The summed E-state index contributed by atoms with van der Waals surface area (Å²) in [4.78, 5) is 13.6. The van der Waals surface area contributed by atoms with Crippen LogP contribution in [0.15, 0.2) is 42.5 Å². The molecule has 4 heteroatoms. The van der Waals surface area contributed by atoms with E-state index in [0.29, 0.717) is 10.6 Å². The quantitative estimate of drug-likeness (QED) is 0.942.